The fourth-order valence-corrected chi connectivity index (χ4v) is 3.45. The Morgan fingerprint density at radius 3 is 2.96 bits per heavy atom. The van der Waals surface area contributed by atoms with Gasteiger partial charge in [-0.05, 0) is 48.2 Å². The number of carbonyl (C=O) groups excluding carboxylic acids is 1. The van der Waals surface area contributed by atoms with Gasteiger partial charge in [0.25, 0.3) is 5.91 Å². The van der Waals surface area contributed by atoms with Crippen molar-refractivity contribution in [3.8, 4) is 0 Å². The molecule has 1 aliphatic rings. The van der Waals surface area contributed by atoms with Crippen molar-refractivity contribution in [2.75, 3.05) is 0 Å². The molecule has 0 saturated heterocycles. The van der Waals surface area contributed by atoms with Gasteiger partial charge in [-0.15, -0.1) is 0 Å². The van der Waals surface area contributed by atoms with Crippen LogP contribution < -0.4 is 5.32 Å². The van der Waals surface area contributed by atoms with Gasteiger partial charge in [0.15, 0.2) is 0 Å². The van der Waals surface area contributed by atoms with Gasteiger partial charge in [0.2, 0.25) is 0 Å². The van der Waals surface area contributed by atoms with Crippen molar-refractivity contribution in [2.24, 2.45) is 0 Å². The van der Waals surface area contributed by atoms with Crippen LogP contribution in [-0.2, 0) is 6.42 Å². The second-order valence-corrected chi connectivity index (χ2v) is 6.22. The quantitative estimate of drug-likeness (QED) is 0.764. The summed E-state index contributed by atoms with van der Waals surface area (Å²) in [6, 6.07) is 15.4. The van der Waals surface area contributed by atoms with Gasteiger partial charge in [-0.3, -0.25) is 9.78 Å². The molecule has 3 nitrogen and oxygen atoms in total. The molecule has 1 aliphatic carbocycles. The van der Waals surface area contributed by atoms with E-state index in [-0.39, 0.29) is 11.9 Å². The van der Waals surface area contributed by atoms with E-state index in [1.165, 1.54) is 5.56 Å². The van der Waals surface area contributed by atoms with Gasteiger partial charge in [-0.2, -0.15) is 0 Å². The Bertz CT molecular complexity index is 902. The molecule has 3 aromatic rings. The Balaban J connectivity index is 1.64. The number of aromatic nitrogens is 1. The molecular weight excluding hydrogens is 308 g/mol. The summed E-state index contributed by atoms with van der Waals surface area (Å²) in [5.74, 6) is -0.0814. The van der Waals surface area contributed by atoms with Gasteiger partial charge in [0, 0.05) is 16.6 Å². The van der Waals surface area contributed by atoms with Gasteiger partial charge in [-0.1, -0.05) is 35.9 Å². The number of para-hydroxylation sites is 1. The second kappa shape index (κ2) is 5.67. The highest BCUT2D eigenvalue weighted by Gasteiger charge is 2.25. The molecule has 0 radical (unpaired) electrons. The number of hydrogen-bond acceptors (Lipinski definition) is 2. The van der Waals surface area contributed by atoms with E-state index in [0.29, 0.717) is 5.56 Å². The van der Waals surface area contributed by atoms with Crippen molar-refractivity contribution in [1.29, 1.82) is 0 Å². The van der Waals surface area contributed by atoms with E-state index in [9.17, 15) is 4.79 Å². The average Bonchev–Trinajstić information content (AvgIpc) is 2.96. The summed E-state index contributed by atoms with van der Waals surface area (Å²) in [6.07, 6.45) is 3.56. The Hall–Kier alpha value is -2.39. The maximum absolute atomic E-state index is 12.7. The summed E-state index contributed by atoms with van der Waals surface area (Å²) in [5, 5.41) is 4.86. The fourth-order valence-electron chi connectivity index (χ4n) is 3.26. The topological polar surface area (TPSA) is 42.0 Å². The van der Waals surface area contributed by atoms with Gasteiger partial charge >= 0.3 is 0 Å². The third-order valence-electron chi connectivity index (χ3n) is 4.37. The molecule has 0 fully saturated rings. The number of benzene rings is 2. The van der Waals surface area contributed by atoms with E-state index >= 15 is 0 Å². The summed E-state index contributed by atoms with van der Waals surface area (Å²) >= 11 is 6.04. The van der Waals surface area contributed by atoms with Crippen LogP contribution >= 0.6 is 11.6 Å². The van der Waals surface area contributed by atoms with E-state index in [2.05, 4.69) is 10.3 Å². The molecule has 1 unspecified atom stereocenters. The molecule has 0 saturated carbocycles. The first-order valence-corrected chi connectivity index (χ1v) is 8.03. The summed E-state index contributed by atoms with van der Waals surface area (Å²) in [5.41, 5.74) is 3.74. The van der Waals surface area contributed by atoms with Gasteiger partial charge in [0.1, 0.15) is 0 Å². The lowest BCUT2D eigenvalue weighted by Gasteiger charge is -2.15. The van der Waals surface area contributed by atoms with Crippen LogP contribution in [0, 0.1) is 0 Å². The van der Waals surface area contributed by atoms with Crippen molar-refractivity contribution in [3.63, 3.8) is 0 Å². The molecule has 114 valence electrons. The maximum atomic E-state index is 12.7. The van der Waals surface area contributed by atoms with Crippen LogP contribution in [0.5, 0.6) is 0 Å². The van der Waals surface area contributed by atoms with Gasteiger partial charge in [0.05, 0.1) is 17.1 Å². The number of aryl methyl sites for hydroxylation is 1. The van der Waals surface area contributed by atoms with E-state index in [4.69, 9.17) is 11.6 Å². The summed E-state index contributed by atoms with van der Waals surface area (Å²) < 4.78 is 0. The minimum absolute atomic E-state index is 0.0359. The molecular formula is C19H15ClN2O. The second-order valence-electron chi connectivity index (χ2n) is 5.79. The zero-order valence-corrected chi connectivity index (χ0v) is 13.2. The number of carbonyl (C=O) groups is 1. The van der Waals surface area contributed by atoms with E-state index in [1.807, 2.05) is 48.5 Å². The molecule has 2 aromatic carbocycles. The Morgan fingerprint density at radius 1 is 1.17 bits per heavy atom. The molecule has 1 heterocycles. The number of rotatable bonds is 2. The number of nitrogens with one attached hydrogen (secondary N) is 1. The number of pyridine rings is 1. The standard InChI is InChI=1S/C19H15ClN2O/c20-14-7-8-15-13(11-14)6-9-17(15)22-19(23)16-5-1-3-12-4-2-10-21-18(12)16/h1-5,7-8,10-11,17H,6,9H2,(H,22,23). The number of halogens is 1. The molecule has 0 aliphatic heterocycles. The molecule has 23 heavy (non-hydrogen) atoms. The van der Waals surface area contributed by atoms with Crippen LogP contribution in [0.2, 0.25) is 5.02 Å². The highest BCUT2D eigenvalue weighted by molar-refractivity contribution is 6.30. The van der Waals surface area contributed by atoms with Crippen molar-refractivity contribution < 1.29 is 4.79 Å². The highest BCUT2D eigenvalue weighted by Crippen LogP contribution is 2.33. The Kier molecular flexibility index (Phi) is 3.50. The van der Waals surface area contributed by atoms with Crippen molar-refractivity contribution in [3.05, 3.63) is 76.4 Å². The zero-order valence-electron chi connectivity index (χ0n) is 12.4. The molecule has 1 atom stereocenters. The van der Waals surface area contributed by atoms with Crippen LogP contribution in [-0.4, -0.2) is 10.9 Å². The molecule has 0 bridgehead atoms. The average molecular weight is 323 g/mol. The molecule has 1 N–H and O–H groups in total. The van der Waals surface area contributed by atoms with Crippen molar-refractivity contribution in [2.45, 2.75) is 18.9 Å². The predicted molar refractivity (Wildman–Crippen MR) is 91.7 cm³/mol. The van der Waals surface area contributed by atoms with Crippen LogP contribution in [0.1, 0.15) is 33.9 Å². The third-order valence-corrected chi connectivity index (χ3v) is 4.60. The smallest absolute Gasteiger partial charge is 0.253 e. The Morgan fingerprint density at radius 2 is 2.04 bits per heavy atom. The first-order valence-electron chi connectivity index (χ1n) is 7.65. The summed E-state index contributed by atoms with van der Waals surface area (Å²) in [4.78, 5) is 17.1. The summed E-state index contributed by atoms with van der Waals surface area (Å²) in [6.45, 7) is 0. The fraction of sp³-hybridized carbons (Fsp3) is 0.158. The number of amides is 1. The van der Waals surface area contributed by atoms with Crippen LogP contribution in [0.4, 0.5) is 0 Å². The monoisotopic (exact) mass is 322 g/mol. The highest BCUT2D eigenvalue weighted by atomic mass is 35.5. The minimum Gasteiger partial charge on any atom is -0.345 e. The van der Waals surface area contributed by atoms with Crippen molar-refractivity contribution >= 4 is 28.4 Å². The van der Waals surface area contributed by atoms with Crippen LogP contribution in [0.15, 0.2) is 54.7 Å². The van der Waals surface area contributed by atoms with E-state index in [1.54, 1.807) is 6.20 Å². The number of nitrogens with zero attached hydrogens (tertiary/aromatic N) is 1. The lowest BCUT2D eigenvalue weighted by molar-refractivity contribution is 0.0938. The first-order chi connectivity index (χ1) is 11.2. The minimum atomic E-state index is -0.0814. The lowest BCUT2D eigenvalue weighted by Crippen LogP contribution is -2.27. The van der Waals surface area contributed by atoms with Crippen LogP contribution in [0.25, 0.3) is 10.9 Å². The normalized spacial score (nSPS) is 16.3. The molecule has 4 heteroatoms. The van der Waals surface area contributed by atoms with Crippen molar-refractivity contribution in [1.82, 2.24) is 10.3 Å². The zero-order chi connectivity index (χ0) is 15.8. The summed E-state index contributed by atoms with van der Waals surface area (Å²) in [7, 11) is 0. The molecule has 1 aromatic heterocycles. The molecule has 1 amide bonds. The number of hydrogen-bond donors (Lipinski definition) is 1. The van der Waals surface area contributed by atoms with Crippen LogP contribution in [0.3, 0.4) is 0 Å². The largest absolute Gasteiger partial charge is 0.345 e. The molecule has 4 rings (SSSR count). The SMILES string of the molecule is O=C(NC1CCc2cc(Cl)ccc21)c1cccc2cccnc12. The lowest BCUT2D eigenvalue weighted by atomic mass is 10.1. The first kappa shape index (κ1) is 14.2. The number of fused-ring (bicyclic) bond motifs is 2. The van der Waals surface area contributed by atoms with Gasteiger partial charge < -0.3 is 5.32 Å². The van der Waals surface area contributed by atoms with E-state index in [0.717, 1.165) is 34.3 Å². The maximum Gasteiger partial charge on any atom is 0.253 e. The molecule has 0 spiro atoms. The Labute approximate surface area is 139 Å². The predicted octanol–water partition coefficient (Wildman–Crippen LogP) is 4.31. The third kappa shape index (κ3) is 2.57. The van der Waals surface area contributed by atoms with Gasteiger partial charge in [-0.25, -0.2) is 0 Å². The van der Waals surface area contributed by atoms with E-state index < -0.39 is 0 Å².